The first-order chi connectivity index (χ1) is 20.8. The van der Waals surface area contributed by atoms with Crippen LogP contribution in [0.5, 0.6) is 0 Å². The topological polar surface area (TPSA) is 150 Å². The van der Waals surface area contributed by atoms with Gasteiger partial charge in [0.05, 0.1) is 12.2 Å². The lowest BCUT2D eigenvalue weighted by Crippen LogP contribution is -2.49. The summed E-state index contributed by atoms with van der Waals surface area (Å²) in [5, 5.41) is 5.63. The minimum absolute atomic E-state index is 0.183. The molecule has 1 aliphatic heterocycles. The minimum atomic E-state index is -0.684. The van der Waals surface area contributed by atoms with Gasteiger partial charge >= 0.3 is 11.8 Å². The number of ketones is 1. The predicted molar refractivity (Wildman–Crippen MR) is 168 cm³/mol. The molecule has 1 saturated heterocycles. The van der Waals surface area contributed by atoms with Crippen molar-refractivity contribution in [3.63, 3.8) is 0 Å². The molecule has 3 aromatic rings. The van der Waals surface area contributed by atoms with Gasteiger partial charge in [-0.3, -0.25) is 23.5 Å². The second-order valence-electron chi connectivity index (χ2n) is 11.8. The van der Waals surface area contributed by atoms with Crippen LogP contribution in [-0.2, 0) is 29.7 Å². The summed E-state index contributed by atoms with van der Waals surface area (Å²) in [6, 6.07) is 6.29. The fourth-order valence-electron chi connectivity index (χ4n) is 5.18. The van der Waals surface area contributed by atoms with Gasteiger partial charge in [0.25, 0.3) is 5.56 Å². The van der Waals surface area contributed by atoms with Crippen molar-refractivity contribution in [3.05, 3.63) is 62.8 Å². The number of benzene rings is 1. The molecule has 0 aliphatic carbocycles. The largest absolute Gasteiger partial charge is 0.444 e. The Balaban J connectivity index is 1.73. The van der Waals surface area contributed by atoms with Crippen molar-refractivity contribution in [1.82, 2.24) is 24.0 Å². The van der Waals surface area contributed by atoms with E-state index in [1.807, 2.05) is 24.0 Å². The Morgan fingerprint density at radius 2 is 1.86 bits per heavy atom. The molecule has 1 aromatic carbocycles. The Labute approximate surface area is 255 Å². The van der Waals surface area contributed by atoms with Gasteiger partial charge in [-0.25, -0.2) is 9.59 Å². The van der Waals surface area contributed by atoms with Gasteiger partial charge in [0.15, 0.2) is 16.9 Å². The van der Waals surface area contributed by atoms with E-state index in [-0.39, 0.29) is 35.1 Å². The summed E-state index contributed by atoms with van der Waals surface area (Å²) in [7, 11) is 1.51. The fraction of sp³-hybridized carbons (Fsp3) is 0.484. The maximum atomic E-state index is 14.0. The molecule has 4 rings (SSSR count). The zero-order valence-corrected chi connectivity index (χ0v) is 26.2. The van der Waals surface area contributed by atoms with Gasteiger partial charge < -0.3 is 24.8 Å². The first-order valence-electron chi connectivity index (χ1n) is 14.8. The summed E-state index contributed by atoms with van der Waals surface area (Å²) >= 11 is 0. The number of nitrogens with zero attached hydrogens (tertiary/aromatic N) is 5. The number of rotatable bonds is 9. The Morgan fingerprint density at radius 1 is 1.14 bits per heavy atom. The van der Waals surface area contributed by atoms with Crippen LogP contribution >= 0.6 is 0 Å². The van der Waals surface area contributed by atoms with Gasteiger partial charge in [-0.15, -0.1) is 0 Å². The van der Waals surface area contributed by atoms with Crippen LogP contribution in [0.2, 0.25) is 0 Å². The van der Waals surface area contributed by atoms with Crippen molar-refractivity contribution in [1.29, 1.82) is 0 Å². The molecule has 13 heteroatoms. The number of alkyl carbamates (subject to hydrolysis) is 1. The van der Waals surface area contributed by atoms with Crippen molar-refractivity contribution >= 4 is 40.6 Å². The first kappa shape index (κ1) is 32.2. The van der Waals surface area contributed by atoms with Crippen LogP contribution in [-0.4, -0.2) is 61.2 Å². The number of hydrogen-bond donors (Lipinski definition) is 2. The highest BCUT2D eigenvalue weighted by atomic mass is 16.6. The summed E-state index contributed by atoms with van der Waals surface area (Å²) in [4.78, 5) is 72.0. The van der Waals surface area contributed by atoms with Crippen LogP contribution < -0.4 is 26.8 Å². The van der Waals surface area contributed by atoms with Crippen LogP contribution in [0.3, 0.4) is 0 Å². The third-order valence-electron chi connectivity index (χ3n) is 7.29. The Kier molecular flexibility index (Phi) is 9.75. The van der Waals surface area contributed by atoms with E-state index in [0.717, 1.165) is 17.4 Å². The molecule has 2 aromatic heterocycles. The molecule has 1 aliphatic rings. The van der Waals surface area contributed by atoms with Gasteiger partial charge in [-0.1, -0.05) is 31.2 Å². The lowest BCUT2D eigenvalue weighted by Gasteiger charge is -2.34. The molecule has 3 heterocycles. The second kappa shape index (κ2) is 13.3. The van der Waals surface area contributed by atoms with E-state index in [1.54, 1.807) is 56.5 Å². The maximum absolute atomic E-state index is 14.0. The van der Waals surface area contributed by atoms with E-state index in [0.29, 0.717) is 31.3 Å². The monoisotopic (exact) mass is 607 g/mol. The highest BCUT2D eigenvalue weighted by molar-refractivity contribution is 6.04. The summed E-state index contributed by atoms with van der Waals surface area (Å²) in [5.74, 6) is -0.276. The zero-order valence-electron chi connectivity index (χ0n) is 26.2. The Morgan fingerprint density at radius 3 is 2.55 bits per heavy atom. The minimum Gasteiger partial charge on any atom is -0.444 e. The van der Waals surface area contributed by atoms with Crippen LogP contribution in [0.4, 0.5) is 16.4 Å². The third kappa shape index (κ3) is 7.09. The van der Waals surface area contributed by atoms with E-state index in [1.165, 1.54) is 11.6 Å². The van der Waals surface area contributed by atoms with E-state index in [9.17, 15) is 24.0 Å². The van der Waals surface area contributed by atoms with Crippen LogP contribution in [0.25, 0.3) is 11.2 Å². The molecular weight excluding hydrogens is 566 g/mol. The molecule has 44 heavy (non-hydrogen) atoms. The number of carbonyl (C=O) groups excluding carboxylic acids is 3. The number of para-hydroxylation sites is 1. The standard InChI is InChI=1S/C31H41N7O6/c1-7-9-17-37-25-26(34-28(37)36-16-12-13-20(18-36)32-29(42)44-31(3,4)5)35(6)30(43)38(27(25)41)19-23(39)21-14-10-11-15-22(21)33-24(40)8-2/h7,9-11,14-15,20H,8,12-13,16-19H2,1-6H3,(H,32,42)(H,33,40)/t20-/m1/s1. The molecule has 2 amide bonds. The average molecular weight is 608 g/mol. The molecule has 236 valence electrons. The van der Waals surface area contributed by atoms with E-state index in [4.69, 9.17) is 9.72 Å². The molecule has 0 saturated carbocycles. The SMILES string of the molecule is CC=CCn1c(N2CCC[C@@H](NC(=O)OC(C)(C)C)C2)nc2c1c(=O)n(CC(=O)c1ccccc1NC(=O)CC)c(=O)n2C. The number of aromatic nitrogens is 4. The van der Waals surface area contributed by atoms with E-state index in [2.05, 4.69) is 10.6 Å². The maximum Gasteiger partial charge on any atom is 0.407 e. The number of imidazole rings is 1. The number of aryl methyl sites for hydroxylation is 1. The Bertz CT molecular complexity index is 1710. The average Bonchev–Trinajstić information content (AvgIpc) is 3.36. The second-order valence-corrected chi connectivity index (χ2v) is 11.8. The molecule has 13 nitrogen and oxygen atoms in total. The number of piperidine rings is 1. The number of allylic oxidation sites excluding steroid dienone is 2. The van der Waals surface area contributed by atoms with Gasteiger partial charge in [0, 0.05) is 44.7 Å². The first-order valence-corrected chi connectivity index (χ1v) is 14.8. The normalized spacial score (nSPS) is 15.5. The molecule has 0 radical (unpaired) electrons. The third-order valence-corrected chi connectivity index (χ3v) is 7.29. The molecule has 2 N–H and O–H groups in total. The molecule has 0 unspecified atom stereocenters. The number of fused-ring (bicyclic) bond motifs is 1. The molecule has 0 spiro atoms. The lowest BCUT2D eigenvalue weighted by atomic mass is 10.1. The van der Waals surface area contributed by atoms with Crippen molar-refractivity contribution < 1.29 is 19.1 Å². The summed E-state index contributed by atoms with van der Waals surface area (Å²) in [5.41, 5.74) is -1.06. The lowest BCUT2D eigenvalue weighted by molar-refractivity contribution is -0.115. The molecule has 1 fully saturated rings. The van der Waals surface area contributed by atoms with Crippen LogP contribution in [0.15, 0.2) is 46.0 Å². The summed E-state index contributed by atoms with van der Waals surface area (Å²) < 4.78 is 9.35. The molecular formula is C31H41N7O6. The number of amides is 2. The summed E-state index contributed by atoms with van der Waals surface area (Å²) in [6.07, 6.45) is 4.96. The van der Waals surface area contributed by atoms with Crippen molar-refractivity contribution in [2.24, 2.45) is 7.05 Å². The van der Waals surface area contributed by atoms with Crippen LogP contribution in [0, 0.1) is 0 Å². The quantitative estimate of drug-likeness (QED) is 0.278. The smallest absolute Gasteiger partial charge is 0.407 e. The van der Waals surface area contributed by atoms with Crippen molar-refractivity contribution in [3.8, 4) is 0 Å². The Hall–Kier alpha value is -4.68. The number of nitrogens with one attached hydrogen (secondary N) is 2. The number of carbonyl (C=O) groups is 3. The van der Waals surface area contributed by atoms with Crippen molar-refractivity contribution in [2.75, 3.05) is 23.3 Å². The zero-order chi connectivity index (χ0) is 32.2. The number of hydrogen-bond acceptors (Lipinski definition) is 8. The van der Waals surface area contributed by atoms with E-state index < -0.39 is 35.3 Å². The fourth-order valence-corrected chi connectivity index (χ4v) is 5.18. The number of anilines is 2. The summed E-state index contributed by atoms with van der Waals surface area (Å²) in [6.45, 7) is 9.82. The van der Waals surface area contributed by atoms with Gasteiger partial charge in [0.1, 0.15) is 5.60 Å². The number of Topliss-reactive ketones (excluding diaryl/α,β-unsaturated/α-hetero) is 1. The highest BCUT2D eigenvalue weighted by Crippen LogP contribution is 2.24. The van der Waals surface area contributed by atoms with Crippen LogP contribution in [0.1, 0.15) is 64.2 Å². The highest BCUT2D eigenvalue weighted by Gasteiger charge is 2.29. The molecule has 1 atom stereocenters. The van der Waals surface area contributed by atoms with E-state index >= 15 is 0 Å². The molecule has 0 bridgehead atoms. The van der Waals surface area contributed by atoms with Gasteiger partial charge in [-0.05, 0) is 52.7 Å². The van der Waals surface area contributed by atoms with Crippen molar-refractivity contribution in [2.45, 2.75) is 78.6 Å². The predicted octanol–water partition coefficient (Wildman–Crippen LogP) is 3.20. The number of ether oxygens (including phenoxy) is 1. The van der Waals surface area contributed by atoms with Gasteiger partial charge in [0.2, 0.25) is 11.9 Å². The van der Waals surface area contributed by atoms with Gasteiger partial charge in [-0.2, -0.15) is 4.98 Å².